The number of pyridine rings is 1. The molecule has 32 heavy (non-hydrogen) atoms. The first kappa shape index (κ1) is 22.4. The van der Waals surface area contributed by atoms with Crippen LogP contribution in [-0.4, -0.2) is 51.8 Å². The van der Waals surface area contributed by atoms with E-state index < -0.39 is 11.9 Å². The Morgan fingerprint density at radius 1 is 1.19 bits per heavy atom. The quantitative estimate of drug-likeness (QED) is 0.435. The molecule has 1 unspecified atom stereocenters. The molecule has 1 atom stereocenters. The van der Waals surface area contributed by atoms with Crippen LogP contribution >= 0.6 is 0 Å². The molecular formula is C26H30N2O4. The summed E-state index contributed by atoms with van der Waals surface area (Å²) in [6.45, 7) is 5.55. The van der Waals surface area contributed by atoms with Gasteiger partial charge in [0.25, 0.3) is 0 Å². The number of rotatable bonds is 7. The summed E-state index contributed by atoms with van der Waals surface area (Å²) in [5, 5.41) is 22.6. The Kier molecular flexibility index (Phi) is 6.55. The van der Waals surface area contributed by atoms with Crippen molar-refractivity contribution in [3.05, 3.63) is 71.4 Å². The van der Waals surface area contributed by atoms with E-state index in [1.165, 1.54) is 6.92 Å². The first-order valence-electron chi connectivity index (χ1n) is 11.1. The number of aliphatic hydroxyl groups excluding tert-OH is 1. The molecule has 6 heteroatoms. The van der Waals surface area contributed by atoms with E-state index in [0.29, 0.717) is 37.1 Å². The summed E-state index contributed by atoms with van der Waals surface area (Å²) < 4.78 is 5.63. The molecule has 2 heterocycles. The number of nitrogens with zero attached hydrogens (tertiary/aromatic N) is 2. The number of aromatic nitrogens is 1. The SMILES string of the molecule is CC(=O)c1ccc(OC(O)CCN2CCC(O)(c3cnc4ccccc4c3)CC2)cc1C. The zero-order valence-corrected chi connectivity index (χ0v) is 18.6. The Morgan fingerprint density at radius 2 is 1.94 bits per heavy atom. The molecule has 0 spiro atoms. The molecule has 1 aliphatic heterocycles. The van der Waals surface area contributed by atoms with E-state index in [2.05, 4.69) is 9.88 Å². The molecule has 0 radical (unpaired) electrons. The fourth-order valence-electron chi connectivity index (χ4n) is 4.37. The third-order valence-electron chi connectivity index (χ3n) is 6.35. The third kappa shape index (κ3) is 4.99. The van der Waals surface area contributed by atoms with Crippen LogP contribution in [0.15, 0.2) is 54.7 Å². The van der Waals surface area contributed by atoms with Gasteiger partial charge in [0.15, 0.2) is 12.1 Å². The number of carbonyl (C=O) groups excluding carboxylic acids is 1. The molecule has 0 aliphatic carbocycles. The van der Waals surface area contributed by atoms with Gasteiger partial charge in [-0.05, 0) is 62.6 Å². The van der Waals surface area contributed by atoms with Crippen LogP contribution in [0.2, 0.25) is 0 Å². The van der Waals surface area contributed by atoms with Crippen molar-refractivity contribution in [1.82, 2.24) is 9.88 Å². The highest BCUT2D eigenvalue weighted by molar-refractivity contribution is 5.95. The van der Waals surface area contributed by atoms with Gasteiger partial charge in [-0.15, -0.1) is 0 Å². The first-order valence-corrected chi connectivity index (χ1v) is 11.1. The van der Waals surface area contributed by atoms with E-state index in [0.717, 1.165) is 35.1 Å². The molecule has 0 amide bonds. The van der Waals surface area contributed by atoms with Crippen molar-refractivity contribution in [3.8, 4) is 5.75 Å². The average Bonchev–Trinajstić information content (AvgIpc) is 2.78. The lowest BCUT2D eigenvalue weighted by molar-refractivity contribution is -0.0476. The van der Waals surface area contributed by atoms with Gasteiger partial charge < -0.3 is 19.8 Å². The van der Waals surface area contributed by atoms with Gasteiger partial charge in [0.05, 0.1) is 11.1 Å². The minimum atomic E-state index is -0.928. The van der Waals surface area contributed by atoms with Crippen LogP contribution in [0.3, 0.4) is 0 Å². The Morgan fingerprint density at radius 3 is 2.66 bits per heavy atom. The van der Waals surface area contributed by atoms with Crippen LogP contribution < -0.4 is 4.74 Å². The molecule has 1 aromatic heterocycles. The van der Waals surface area contributed by atoms with Gasteiger partial charge in [-0.1, -0.05) is 18.2 Å². The number of piperidine rings is 1. The highest BCUT2D eigenvalue weighted by Crippen LogP contribution is 2.33. The zero-order valence-electron chi connectivity index (χ0n) is 18.6. The van der Waals surface area contributed by atoms with E-state index in [-0.39, 0.29) is 5.78 Å². The number of fused-ring (bicyclic) bond motifs is 1. The second-order valence-corrected chi connectivity index (χ2v) is 8.68. The van der Waals surface area contributed by atoms with Crippen molar-refractivity contribution in [1.29, 1.82) is 0 Å². The number of ketones is 1. The smallest absolute Gasteiger partial charge is 0.198 e. The van der Waals surface area contributed by atoms with E-state index in [1.54, 1.807) is 24.4 Å². The number of likely N-dealkylation sites (tertiary alicyclic amines) is 1. The average molecular weight is 435 g/mol. The van der Waals surface area contributed by atoms with Crippen LogP contribution in [0.25, 0.3) is 10.9 Å². The van der Waals surface area contributed by atoms with Gasteiger partial charge in [-0.3, -0.25) is 9.78 Å². The summed E-state index contributed by atoms with van der Waals surface area (Å²) in [6, 6.07) is 15.2. The van der Waals surface area contributed by atoms with Crippen molar-refractivity contribution in [2.24, 2.45) is 0 Å². The van der Waals surface area contributed by atoms with E-state index >= 15 is 0 Å². The Balaban J connectivity index is 1.29. The standard InChI is InChI=1S/C26H30N2O4/c1-18-15-22(7-8-23(18)19(2)29)32-25(30)9-12-28-13-10-26(31,11-14-28)21-16-20-5-3-4-6-24(20)27-17-21/h3-8,15-17,25,30-31H,9-14H2,1-2H3. The number of Topliss-reactive ketones (excluding diaryl/α,β-unsaturated/α-hetero) is 1. The molecule has 1 saturated heterocycles. The minimum Gasteiger partial charge on any atom is -0.465 e. The molecular weight excluding hydrogens is 404 g/mol. The minimum absolute atomic E-state index is 0.0131. The molecule has 6 nitrogen and oxygen atoms in total. The van der Waals surface area contributed by atoms with Gasteiger partial charge in [-0.2, -0.15) is 0 Å². The molecule has 0 bridgehead atoms. The van der Waals surface area contributed by atoms with Crippen LogP contribution in [0.1, 0.15) is 47.7 Å². The third-order valence-corrected chi connectivity index (χ3v) is 6.35. The lowest BCUT2D eigenvalue weighted by Crippen LogP contribution is -2.43. The van der Waals surface area contributed by atoms with Crippen molar-refractivity contribution < 1.29 is 19.7 Å². The van der Waals surface area contributed by atoms with Crippen LogP contribution in [0, 0.1) is 6.92 Å². The summed E-state index contributed by atoms with van der Waals surface area (Å²) in [6.07, 6.45) is 2.56. The summed E-state index contributed by atoms with van der Waals surface area (Å²) >= 11 is 0. The molecule has 1 fully saturated rings. The Bertz CT molecular complexity index is 1110. The normalized spacial score (nSPS) is 17.2. The molecule has 2 N–H and O–H groups in total. The predicted molar refractivity (Wildman–Crippen MR) is 124 cm³/mol. The van der Waals surface area contributed by atoms with E-state index in [1.807, 2.05) is 37.3 Å². The number of carbonyl (C=O) groups is 1. The van der Waals surface area contributed by atoms with Gasteiger partial charge in [0.2, 0.25) is 0 Å². The van der Waals surface area contributed by atoms with Crippen molar-refractivity contribution in [3.63, 3.8) is 0 Å². The molecule has 2 aromatic carbocycles. The number of aliphatic hydroxyl groups is 2. The summed E-state index contributed by atoms with van der Waals surface area (Å²) in [5.41, 5.74) is 2.41. The topological polar surface area (TPSA) is 82.9 Å². The highest BCUT2D eigenvalue weighted by atomic mass is 16.6. The lowest BCUT2D eigenvalue weighted by Gasteiger charge is -2.38. The summed E-state index contributed by atoms with van der Waals surface area (Å²) in [5.74, 6) is 0.566. The fraction of sp³-hybridized carbons (Fsp3) is 0.385. The van der Waals surface area contributed by atoms with E-state index in [9.17, 15) is 15.0 Å². The second-order valence-electron chi connectivity index (χ2n) is 8.68. The summed E-state index contributed by atoms with van der Waals surface area (Å²) in [7, 11) is 0. The number of hydrogen-bond donors (Lipinski definition) is 2. The predicted octanol–water partition coefficient (Wildman–Crippen LogP) is 3.82. The molecule has 168 valence electrons. The zero-order chi connectivity index (χ0) is 22.7. The number of para-hydroxylation sites is 1. The van der Waals surface area contributed by atoms with Crippen molar-refractivity contribution in [2.75, 3.05) is 19.6 Å². The van der Waals surface area contributed by atoms with Crippen LogP contribution in [0.4, 0.5) is 0 Å². The second kappa shape index (κ2) is 9.36. The number of hydrogen-bond acceptors (Lipinski definition) is 6. The molecule has 1 aliphatic rings. The maximum Gasteiger partial charge on any atom is 0.198 e. The van der Waals surface area contributed by atoms with Gasteiger partial charge in [-0.25, -0.2) is 0 Å². The number of aryl methyl sites for hydroxylation is 1. The number of ether oxygens (including phenoxy) is 1. The molecule has 4 rings (SSSR count). The highest BCUT2D eigenvalue weighted by Gasteiger charge is 2.34. The van der Waals surface area contributed by atoms with Gasteiger partial charge in [0, 0.05) is 48.8 Å². The Hall–Kier alpha value is -2.80. The van der Waals surface area contributed by atoms with Crippen LogP contribution in [-0.2, 0) is 5.60 Å². The summed E-state index contributed by atoms with van der Waals surface area (Å²) in [4.78, 5) is 18.3. The van der Waals surface area contributed by atoms with Crippen LogP contribution in [0.5, 0.6) is 5.75 Å². The fourth-order valence-corrected chi connectivity index (χ4v) is 4.37. The van der Waals surface area contributed by atoms with Gasteiger partial charge in [0.1, 0.15) is 5.75 Å². The molecule has 0 saturated carbocycles. The van der Waals surface area contributed by atoms with Gasteiger partial charge >= 0.3 is 0 Å². The number of benzene rings is 2. The maximum atomic E-state index is 11.6. The Labute approximate surface area is 188 Å². The van der Waals surface area contributed by atoms with Crippen molar-refractivity contribution >= 4 is 16.7 Å². The maximum absolute atomic E-state index is 11.6. The largest absolute Gasteiger partial charge is 0.465 e. The van der Waals surface area contributed by atoms with Crippen molar-refractivity contribution in [2.45, 2.75) is 45.0 Å². The lowest BCUT2D eigenvalue weighted by atomic mass is 9.85. The monoisotopic (exact) mass is 434 g/mol. The molecule has 3 aromatic rings. The first-order chi connectivity index (χ1) is 15.3. The van der Waals surface area contributed by atoms with E-state index in [4.69, 9.17) is 4.74 Å².